The SMILES string of the molecule is O/C(=C\[n+]1ccccn1)c1ccc(Cl)cc1. The number of halogens is 1. The first-order valence-corrected chi connectivity index (χ1v) is 5.13. The van der Waals surface area contributed by atoms with Gasteiger partial charge in [-0.05, 0) is 35.4 Å². The van der Waals surface area contributed by atoms with E-state index in [4.69, 9.17) is 11.6 Å². The second kappa shape index (κ2) is 4.77. The molecule has 2 aromatic rings. The highest BCUT2D eigenvalue weighted by molar-refractivity contribution is 6.30. The van der Waals surface area contributed by atoms with Crippen LogP contribution in [0.25, 0.3) is 12.0 Å². The molecule has 80 valence electrons. The Kier molecular flexibility index (Phi) is 3.17. The van der Waals surface area contributed by atoms with Crippen LogP contribution in [0.5, 0.6) is 0 Å². The highest BCUT2D eigenvalue weighted by atomic mass is 35.5. The third-order valence-electron chi connectivity index (χ3n) is 2.03. The number of nitrogens with zero attached hydrogens (tertiary/aromatic N) is 2. The van der Waals surface area contributed by atoms with Crippen LogP contribution < -0.4 is 4.68 Å². The molecule has 0 bridgehead atoms. The van der Waals surface area contributed by atoms with Gasteiger partial charge in [-0.15, -0.1) is 0 Å². The van der Waals surface area contributed by atoms with Gasteiger partial charge in [-0.1, -0.05) is 16.3 Å². The van der Waals surface area contributed by atoms with Crippen molar-refractivity contribution in [2.24, 2.45) is 0 Å². The van der Waals surface area contributed by atoms with Gasteiger partial charge in [0.05, 0.1) is 6.20 Å². The zero-order valence-electron chi connectivity index (χ0n) is 8.42. The largest absolute Gasteiger partial charge is 0.502 e. The molecule has 1 aromatic carbocycles. The van der Waals surface area contributed by atoms with E-state index in [9.17, 15) is 5.11 Å². The molecule has 2 rings (SSSR count). The van der Waals surface area contributed by atoms with Gasteiger partial charge in [-0.25, -0.2) is 0 Å². The third kappa shape index (κ3) is 2.58. The first-order valence-electron chi connectivity index (χ1n) is 4.75. The van der Waals surface area contributed by atoms with Crippen molar-refractivity contribution in [2.45, 2.75) is 0 Å². The lowest BCUT2D eigenvalue weighted by molar-refractivity contribution is -0.634. The van der Waals surface area contributed by atoms with Crippen LogP contribution in [0, 0.1) is 0 Å². The molecule has 0 unspecified atom stereocenters. The number of aliphatic hydroxyl groups is 1. The van der Waals surface area contributed by atoms with E-state index in [1.165, 1.54) is 10.9 Å². The molecule has 0 radical (unpaired) electrons. The summed E-state index contributed by atoms with van der Waals surface area (Å²) in [7, 11) is 0. The molecule has 1 heterocycles. The van der Waals surface area contributed by atoms with E-state index in [-0.39, 0.29) is 5.76 Å². The Hall–Kier alpha value is -1.87. The molecule has 0 aliphatic carbocycles. The Morgan fingerprint density at radius 1 is 1.25 bits per heavy atom. The minimum Gasteiger partial charge on any atom is -0.502 e. The lowest BCUT2D eigenvalue weighted by Crippen LogP contribution is -2.29. The maximum Gasteiger partial charge on any atom is 0.244 e. The summed E-state index contributed by atoms with van der Waals surface area (Å²) < 4.78 is 1.53. The van der Waals surface area contributed by atoms with E-state index in [0.717, 1.165) is 0 Å². The highest BCUT2D eigenvalue weighted by Gasteiger charge is 2.04. The Bertz CT molecular complexity index is 494. The number of aliphatic hydroxyl groups excluding tert-OH is 1. The number of rotatable bonds is 2. The maximum atomic E-state index is 9.82. The Morgan fingerprint density at radius 3 is 2.62 bits per heavy atom. The van der Waals surface area contributed by atoms with Gasteiger partial charge in [0.1, 0.15) is 0 Å². The normalized spacial score (nSPS) is 11.4. The number of aromatic nitrogens is 2. The van der Waals surface area contributed by atoms with Crippen molar-refractivity contribution in [3.05, 3.63) is 59.4 Å². The van der Waals surface area contributed by atoms with E-state index in [0.29, 0.717) is 10.6 Å². The Morgan fingerprint density at radius 2 is 2.00 bits per heavy atom. The minimum atomic E-state index is 0.139. The van der Waals surface area contributed by atoms with Gasteiger partial charge in [0.2, 0.25) is 12.4 Å². The van der Waals surface area contributed by atoms with Gasteiger partial charge in [0, 0.05) is 16.7 Å². The van der Waals surface area contributed by atoms with Crippen molar-refractivity contribution in [1.29, 1.82) is 0 Å². The molecule has 0 spiro atoms. The average molecular weight is 234 g/mol. The van der Waals surface area contributed by atoms with Crippen molar-refractivity contribution in [3.63, 3.8) is 0 Å². The molecule has 1 N–H and O–H groups in total. The monoisotopic (exact) mass is 233 g/mol. The smallest absolute Gasteiger partial charge is 0.244 e. The summed E-state index contributed by atoms with van der Waals surface area (Å²) in [5.41, 5.74) is 0.697. The van der Waals surface area contributed by atoms with E-state index in [2.05, 4.69) is 5.10 Å². The molecule has 0 atom stereocenters. The van der Waals surface area contributed by atoms with Gasteiger partial charge in [0.25, 0.3) is 0 Å². The fourth-order valence-electron chi connectivity index (χ4n) is 1.24. The van der Waals surface area contributed by atoms with Crippen molar-refractivity contribution in [1.82, 2.24) is 5.10 Å². The molecule has 1 aromatic heterocycles. The first kappa shape index (κ1) is 10.6. The van der Waals surface area contributed by atoms with Gasteiger partial charge < -0.3 is 5.11 Å². The molecule has 0 aliphatic heterocycles. The highest BCUT2D eigenvalue weighted by Crippen LogP contribution is 2.14. The molecule has 0 fully saturated rings. The van der Waals surface area contributed by atoms with Crippen molar-refractivity contribution in [2.75, 3.05) is 0 Å². The molecular weight excluding hydrogens is 224 g/mol. The van der Waals surface area contributed by atoms with Gasteiger partial charge in [-0.3, -0.25) is 0 Å². The molecule has 4 heteroatoms. The van der Waals surface area contributed by atoms with Crippen molar-refractivity contribution >= 4 is 23.6 Å². The molecule has 0 amide bonds. The van der Waals surface area contributed by atoms with Crippen LogP contribution in [0.3, 0.4) is 0 Å². The second-order valence-electron chi connectivity index (χ2n) is 3.20. The summed E-state index contributed by atoms with van der Waals surface area (Å²) in [6.45, 7) is 0. The molecule has 0 saturated carbocycles. The second-order valence-corrected chi connectivity index (χ2v) is 3.64. The number of hydrogen-bond acceptors (Lipinski definition) is 2. The molecular formula is C12H10ClN2O+. The van der Waals surface area contributed by atoms with Crippen LogP contribution in [0.1, 0.15) is 5.56 Å². The average Bonchev–Trinajstić information content (AvgIpc) is 2.31. The Balaban J connectivity index is 2.28. The summed E-state index contributed by atoms with van der Waals surface area (Å²) in [6.07, 6.45) is 4.92. The van der Waals surface area contributed by atoms with E-state index in [1.54, 1.807) is 36.7 Å². The summed E-state index contributed by atoms with van der Waals surface area (Å²) in [5.74, 6) is 0.139. The lowest BCUT2D eigenvalue weighted by atomic mass is 10.2. The van der Waals surface area contributed by atoms with Crippen LogP contribution in [0.4, 0.5) is 0 Å². The summed E-state index contributed by atoms with van der Waals surface area (Å²) in [4.78, 5) is 0. The fraction of sp³-hybridized carbons (Fsp3) is 0. The topological polar surface area (TPSA) is 37.0 Å². The van der Waals surface area contributed by atoms with Gasteiger partial charge >= 0.3 is 0 Å². The van der Waals surface area contributed by atoms with Gasteiger partial charge in [-0.2, -0.15) is 0 Å². The van der Waals surface area contributed by atoms with E-state index >= 15 is 0 Å². The fourth-order valence-corrected chi connectivity index (χ4v) is 1.36. The van der Waals surface area contributed by atoms with E-state index < -0.39 is 0 Å². The molecule has 0 saturated heterocycles. The van der Waals surface area contributed by atoms with Crippen LogP contribution in [-0.4, -0.2) is 10.2 Å². The third-order valence-corrected chi connectivity index (χ3v) is 2.28. The maximum absolute atomic E-state index is 9.82. The van der Waals surface area contributed by atoms with Crippen LogP contribution in [0.2, 0.25) is 5.02 Å². The van der Waals surface area contributed by atoms with Crippen molar-refractivity contribution in [3.8, 4) is 0 Å². The summed E-state index contributed by atoms with van der Waals surface area (Å²) in [6, 6.07) is 10.6. The van der Waals surface area contributed by atoms with Crippen LogP contribution >= 0.6 is 11.6 Å². The summed E-state index contributed by atoms with van der Waals surface area (Å²) >= 11 is 5.76. The zero-order valence-corrected chi connectivity index (χ0v) is 9.17. The molecule has 3 nitrogen and oxygen atoms in total. The van der Waals surface area contributed by atoms with Crippen LogP contribution in [-0.2, 0) is 0 Å². The standard InChI is InChI=1S/C12H9ClN2O/c13-11-5-3-10(4-6-11)12(16)9-15-8-2-1-7-14-15/h1-9H/p+1. The predicted octanol–water partition coefficient (Wildman–Crippen LogP) is 2.54. The molecule has 16 heavy (non-hydrogen) atoms. The van der Waals surface area contributed by atoms with E-state index in [1.807, 2.05) is 12.1 Å². The first-order chi connectivity index (χ1) is 7.75. The van der Waals surface area contributed by atoms with Gasteiger partial charge in [0.15, 0.2) is 5.76 Å². The zero-order chi connectivity index (χ0) is 11.4. The summed E-state index contributed by atoms with van der Waals surface area (Å²) in [5, 5.41) is 14.5. The molecule has 0 aliphatic rings. The van der Waals surface area contributed by atoms with Crippen LogP contribution in [0.15, 0.2) is 48.8 Å². The predicted molar refractivity (Wildman–Crippen MR) is 62.7 cm³/mol. The minimum absolute atomic E-state index is 0.139. The number of benzene rings is 1. The number of hydrogen-bond donors (Lipinski definition) is 1. The Labute approximate surface area is 98.2 Å². The lowest BCUT2D eigenvalue weighted by Gasteiger charge is -1.96. The quantitative estimate of drug-likeness (QED) is 0.639. The van der Waals surface area contributed by atoms with Crippen molar-refractivity contribution < 1.29 is 9.79 Å².